The first-order valence-corrected chi connectivity index (χ1v) is 6.91. The number of hydrogen-bond acceptors (Lipinski definition) is 3. The maximum atomic E-state index is 11.2. The second-order valence-corrected chi connectivity index (χ2v) is 4.76. The van der Waals surface area contributed by atoms with E-state index >= 15 is 0 Å². The summed E-state index contributed by atoms with van der Waals surface area (Å²) >= 11 is 3.15. The monoisotopic (exact) mass is 302 g/mol. The van der Waals surface area contributed by atoms with E-state index in [4.69, 9.17) is 4.74 Å². The van der Waals surface area contributed by atoms with E-state index in [1.54, 1.807) is 0 Å². The van der Waals surface area contributed by atoms with Crippen LogP contribution in [-0.2, 0) is 0 Å². The van der Waals surface area contributed by atoms with Crippen molar-refractivity contribution in [1.82, 2.24) is 9.97 Å². The predicted octanol–water partition coefficient (Wildman–Crippen LogP) is 3.27. The molecule has 0 amide bonds. The number of rotatable bonds is 8. The van der Waals surface area contributed by atoms with Gasteiger partial charge in [0.25, 0.3) is 5.56 Å². The highest BCUT2D eigenvalue weighted by Crippen LogP contribution is 2.16. The van der Waals surface area contributed by atoms with Crippen molar-refractivity contribution >= 4 is 15.9 Å². The van der Waals surface area contributed by atoms with E-state index in [0.717, 1.165) is 6.42 Å². The van der Waals surface area contributed by atoms with Crippen molar-refractivity contribution in [2.24, 2.45) is 0 Å². The fourth-order valence-corrected chi connectivity index (χ4v) is 1.85. The number of unbranched alkanes of at least 4 members (excludes halogenated alkanes) is 5. The van der Waals surface area contributed by atoms with Crippen LogP contribution in [-0.4, -0.2) is 16.6 Å². The number of H-pyrrole nitrogens is 1. The summed E-state index contributed by atoms with van der Waals surface area (Å²) in [5.74, 6) is 0.377. The molecule has 17 heavy (non-hydrogen) atoms. The van der Waals surface area contributed by atoms with Gasteiger partial charge in [0, 0.05) is 0 Å². The van der Waals surface area contributed by atoms with E-state index < -0.39 is 0 Å². The third-order valence-electron chi connectivity index (χ3n) is 2.50. The Kier molecular flexibility index (Phi) is 6.93. The minimum Gasteiger partial charge on any atom is -0.477 e. The van der Waals surface area contributed by atoms with Gasteiger partial charge in [0.2, 0.25) is 5.88 Å². The first-order chi connectivity index (χ1) is 8.25. The predicted molar refractivity (Wildman–Crippen MR) is 71.4 cm³/mol. The van der Waals surface area contributed by atoms with Crippen molar-refractivity contribution < 1.29 is 4.74 Å². The van der Waals surface area contributed by atoms with E-state index in [1.807, 2.05) is 0 Å². The molecule has 96 valence electrons. The van der Waals surface area contributed by atoms with Gasteiger partial charge >= 0.3 is 0 Å². The topological polar surface area (TPSA) is 55.0 Å². The van der Waals surface area contributed by atoms with E-state index in [2.05, 4.69) is 32.8 Å². The largest absolute Gasteiger partial charge is 0.477 e. The van der Waals surface area contributed by atoms with Gasteiger partial charge in [0.05, 0.1) is 12.9 Å². The molecule has 0 unspecified atom stereocenters. The second kappa shape index (κ2) is 8.28. The van der Waals surface area contributed by atoms with Crippen molar-refractivity contribution in [3.05, 3.63) is 21.2 Å². The second-order valence-electron chi connectivity index (χ2n) is 3.97. The van der Waals surface area contributed by atoms with Crippen LogP contribution in [0.5, 0.6) is 5.88 Å². The molecule has 0 spiro atoms. The van der Waals surface area contributed by atoms with Crippen LogP contribution in [0, 0.1) is 0 Å². The highest BCUT2D eigenvalue weighted by atomic mass is 79.9. The third-order valence-corrected chi connectivity index (χ3v) is 3.20. The van der Waals surface area contributed by atoms with Crippen LogP contribution in [0.25, 0.3) is 0 Å². The highest BCUT2D eigenvalue weighted by Gasteiger charge is 2.05. The van der Waals surface area contributed by atoms with Crippen molar-refractivity contribution in [3.63, 3.8) is 0 Å². The summed E-state index contributed by atoms with van der Waals surface area (Å²) in [6.45, 7) is 2.82. The number of nitrogens with zero attached hydrogens (tertiary/aromatic N) is 1. The molecule has 0 aliphatic heterocycles. The van der Waals surface area contributed by atoms with Crippen LogP contribution in [0.15, 0.2) is 15.6 Å². The summed E-state index contributed by atoms with van der Waals surface area (Å²) in [4.78, 5) is 17.7. The fraction of sp³-hybridized carbons (Fsp3) is 0.667. The molecule has 0 radical (unpaired) electrons. The molecule has 0 bridgehead atoms. The van der Waals surface area contributed by atoms with Gasteiger partial charge in [-0.15, -0.1) is 0 Å². The van der Waals surface area contributed by atoms with E-state index in [1.165, 1.54) is 38.4 Å². The smallest absolute Gasteiger partial charge is 0.268 e. The van der Waals surface area contributed by atoms with E-state index in [9.17, 15) is 4.79 Å². The quantitative estimate of drug-likeness (QED) is 0.750. The Hall–Kier alpha value is -0.840. The molecule has 5 heteroatoms. The molecule has 0 fully saturated rings. The van der Waals surface area contributed by atoms with Crippen LogP contribution in [0.4, 0.5) is 0 Å². The lowest BCUT2D eigenvalue weighted by Gasteiger charge is -2.05. The first kappa shape index (κ1) is 14.2. The zero-order chi connectivity index (χ0) is 12.5. The van der Waals surface area contributed by atoms with Gasteiger partial charge in [-0.3, -0.25) is 4.79 Å². The molecule has 0 aromatic carbocycles. The summed E-state index contributed by atoms with van der Waals surface area (Å²) in [6.07, 6.45) is 8.64. The summed E-state index contributed by atoms with van der Waals surface area (Å²) in [5.41, 5.74) is -0.210. The van der Waals surface area contributed by atoms with Gasteiger partial charge < -0.3 is 9.72 Å². The van der Waals surface area contributed by atoms with Gasteiger partial charge in [0.1, 0.15) is 4.47 Å². The Bertz CT molecular complexity index is 379. The van der Waals surface area contributed by atoms with Crippen molar-refractivity contribution in [1.29, 1.82) is 0 Å². The normalized spacial score (nSPS) is 10.5. The number of ether oxygens (including phenoxy) is 1. The number of aromatic nitrogens is 2. The molecule has 0 atom stereocenters. The van der Waals surface area contributed by atoms with Gasteiger partial charge in [0.15, 0.2) is 0 Å². The summed E-state index contributed by atoms with van der Waals surface area (Å²) < 4.78 is 5.81. The van der Waals surface area contributed by atoms with Crippen LogP contribution >= 0.6 is 15.9 Å². The van der Waals surface area contributed by atoms with E-state index in [-0.39, 0.29) is 5.56 Å². The number of halogens is 1. The van der Waals surface area contributed by atoms with Gasteiger partial charge in [-0.05, 0) is 22.4 Å². The maximum Gasteiger partial charge on any atom is 0.268 e. The molecular formula is C12H19BrN2O2. The molecule has 1 aromatic heterocycles. The average molecular weight is 303 g/mol. The molecule has 1 aromatic rings. The van der Waals surface area contributed by atoms with E-state index in [0.29, 0.717) is 17.0 Å². The van der Waals surface area contributed by atoms with Crippen molar-refractivity contribution in [3.8, 4) is 5.88 Å². The Morgan fingerprint density at radius 2 is 2.00 bits per heavy atom. The zero-order valence-electron chi connectivity index (χ0n) is 10.2. The number of nitrogens with one attached hydrogen (secondary N) is 1. The average Bonchev–Trinajstić information content (AvgIpc) is 2.33. The first-order valence-electron chi connectivity index (χ1n) is 6.11. The Balaban J connectivity index is 2.18. The molecule has 1 heterocycles. The molecule has 4 nitrogen and oxygen atoms in total. The lowest BCUT2D eigenvalue weighted by atomic mass is 10.1. The van der Waals surface area contributed by atoms with Crippen molar-refractivity contribution in [2.45, 2.75) is 45.4 Å². The lowest BCUT2D eigenvalue weighted by Crippen LogP contribution is -2.10. The lowest BCUT2D eigenvalue weighted by molar-refractivity contribution is 0.290. The molecule has 0 aliphatic rings. The van der Waals surface area contributed by atoms with Crippen LogP contribution in [0.2, 0.25) is 0 Å². The SMILES string of the molecule is CCCCCCCCOc1nc[nH]c(=O)c1Br. The standard InChI is InChI=1S/C12H19BrN2O2/c1-2-3-4-5-6-7-8-17-12-10(13)11(16)14-9-15-12/h9H,2-8H2,1H3,(H,14,15,16). The molecule has 1 N–H and O–H groups in total. The molecule has 1 rings (SSSR count). The molecule has 0 saturated carbocycles. The molecule has 0 saturated heterocycles. The maximum absolute atomic E-state index is 11.2. The summed E-state index contributed by atoms with van der Waals surface area (Å²) in [7, 11) is 0. The molecular weight excluding hydrogens is 284 g/mol. The summed E-state index contributed by atoms with van der Waals surface area (Å²) in [6, 6.07) is 0. The minimum absolute atomic E-state index is 0.210. The molecule has 0 aliphatic carbocycles. The van der Waals surface area contributed by atoms with Gasteiger partial charge in [-0.2, -0.15) is 0 Å². The third kappa shape index (κ3) is 5.35. The Morgan fingerprint density at radius 3 is 2.76 bits per heavy atom. The zero-order valence-corrected chi connectivity index (χ0v) is 11.8. The number of hydrogen-bond donors (Lipinski definition) is 1. The van der Waals surface area contributed by atoms with Crippen LogP contribution < -0.4 is 10.3 Å². The van der Waals surface area contributed by atoms with Gasteiger partial charge in [-0.25, -0.2) is 4.98 Å². The fourth-order valence-electron chi connectivity index (χ4n) is 1.52. The van der Waals surface area contributed by atoms with Crippen LogP contribution in [0.3, 0.4) is 0 Å². The summed E-state index contributed by atoms with van der Waals surface area (Å²) in [5, 5.41) is 0. The van der Waals surface area contributed by atoms with Gasteiger partial charge in [-0.1, -0.05) is 39.0 Å². The highest BCUT2D eigenvalue weighted by molar-refractivity contribution is 9.10. The minimum atomic E-state index is -0.210. The number of aromatic amines is 1. The van der Waals surface area contributed by atoms with Crippen LogP contribution in [0.1, 0.15) is 45.4 Å². The Morgan fingerprint density at radius 1 is 1.29 bits per heavy atom. The van der Waals surface area contributed by atoms with Crippen molar-refractivity contribution in [2.75, 3.05) is 6.61 Å². The Labute approximate surface area is 110 Å².